The van der Waals surface area contributed by atoms with Crippen LogP contribution in [0, 0.1) is 6.92 Å². The van der Waals surface area contributed by atoms with Crippen LogP contribution in [0.4, 0.5) is 0 Å². The van der Waals surface area contributed by atoms with E-state index in [-0.39, 0.29) is 0 Å². The Balaban J connectivity index is 1.72. The van der Waals surface area contributed by atoms with Gasteiger partial charge in [-0.15, -0.1) is 0 Å². The van der Waals surface area contributed by atoms with Gasteiger partial charge < -0.3 is 9.72 Å². The van der Waals surface area contributed by atoms with Crippen LogP contribution in [-0.2, 0) is 6.54 Å². The molecule has 4 heteroatoms. The van der Waals surface area contributed by atoms with E-state index in [9.17, 15) is 0 Å². The van der Waals surface area contributed by atoms with E-state index in [1.807, 2.05) is 6.20 Å². The first-order valence-electron chi connectivity index (χ1n) is 6.57. The van der Waals surface area contributed by atoms with Gasteiger partial charge in [-0.3, -0.25) is 0 Å². The molecule has 0 aromatic carbocycles. The van der Waals surface area contributed by atoms with Gasteiger partial charge in [-0.25, -0.2) is 4.98 Å². The largest absolute Gasteiger partial charge is 0.308 e. The summed E-state index contributed by atoms with van der Waals surface area (Å²) >= 11 is 2.06. The molecule has 3 rings (SSSR count). The minimum Gasteiger partial charge on any atom is -0.308 e. The molecule has 1 N–H and O–H groups in total. The summed E-state index contributed by atoms with van der Waals surface area (Å²) in [5, 5.41) is 3.65. The molecule has 1 saturated heterocycles. The second-order valence-electron chi connectivity index (χ2n) is 4.93. The summed E-state index contributed by atoms with van der Waals surface area (Å²) in [6, 6.07) is 4.86. The molecule has 0 aliphatic carbocycles. The van der Waals surface area contributed by atoms with Gasteiger partial charge in [-0.05, 0) is 37.1 Å². The van der Waals surface area contributed by atoms with E-state index in [1.54, 1.807) is 0 Å². The number of rotatable bonds is 3. The number of fused-ring (bicyclic) bond motifs is 1. The van der Waals surface area contributed by atoms with Crippen molar-refractivity contribution in [3.8, 4) is 0 Å². The zero-order valence-corrected chi connectivity index (χ0v) is 11.5. The van der Waals surface area contributed by atoms with E-state index in [1.165, 1.54) is 35.6 Å². The summed E-state index contributed by atoms with van der Waals surface area (Å²) in [5.74, 6) is 2.57. The van der Waals surface area contributed by atoms with Crippen LogP contribution in [0.1, 0.15) is 24.1 Å². The lowest BCUT2D eigenvalue weighted by molar-refractivity contribution is 0.502. The van der Waals surface area contributed by atoms with Crippen LogP contribution >= 0.6 is 11.8 Å². The van der Waals surface area contributed by atoms with Crippen molar-refractivity contribution < 1.29 is 0 Å². The number of thioether (sulfide) groups is 1. The normalized spacial score (nSPS) is 20.4. The second kappa shape index (κ2) is 5.33. The van der Waals surface area contributed by atoms with Crippen molar-refractivity contribution in [1.29, 1.82) is 0 Å². The second-order valence-corrected chi connectivity index (χ2v) is 6.08. The zero-order valence-electron chi connectivity index (χ0n) is 10.7. The number of imidazole rings is 1. The monoisotopic (exact) mass is 261 g/mol. The van der Waals surface area contributed by atoms with E-state index in [0.29, 0.717) is 6.04 Å². The minimum atomic E-state index is 0.666. The molecule has 0 bridgehead atoms. The summed E-state index contributed by atoms with van der Waals surface area (Å²) < 4.78 is 2.19. The first-order chi connectivity index (χ1) is 8.84. The Bertz CT molecular complexity index is 529. The Labute approximate surface area is 112 Å². The Hall–Kier alpha value is -1.00. The summed E-state index contributed by atoms with van der Waals surface area (Å²) in [7, 11) is 0. The molecule has 1 aliphatic heterocycles. The van der Waals surface area contributed by atoms with Crippen LogP contribution in [0.25, 0.3) is 5.65 Å². The highest BCUT2D eigenvalue weighted by molar-refractivity contribution is 7.99. The van der Waals surface area contributed by atoms with Crippen LogP contribution in [-0.4, -0.2) is 26.9 Å². The van der Waals surface area contributed by atoms with Crippen LogP contribution in [0.15, 0.2) is 24.5 Å². The topological polar surface area (TPSA) is 29.3 Å². The van der Waals surface area contributed by atoms with Crippen LogP contribution in [0.2, 0.25) is 0 Å². The van der Waals surface area contributed by atoms with Crippen molar-refractivity contribution in [2.45, 2.75) is 32.4 Å². The van der Waals surface area contributed by atoms with E-state index in [4.69, 9.17) is 0 Å². The van der Waals surface area contributed by atoms with Gasteiger partial charge in [0.2, 0.25) is 0 Å². The third-order valence-electron chi connectivity index (χ3n) is 3.54. The molecule has 1 fully saturated rings. The maximum Gasteiger partial charge on any atom is 0.139 e. The highest BCUT2D eigenvalue weighted by Crippen LogP contribution is 2.17. The maximum atomic E-state index is 4.50. The Morgan fingerprint density at radius 3 is 3.33 bits per heavy atom. The van der Waals surface area contributed by atoms with Crippen LogP contribution in [0.5, 0.6) is 0 Å². The molecule has 0 unspecified atom stereocenters. The molecule has 18 heavy (non-hydrogen) atoms. The molecular weight excluding hydrogens is 242 g/mol. The standard InChI is InChI=1S/C14H19N3S/c1-11-4-2-6-17-13(9-16-14(11)17)8-15-12-5-3-7-18-10-12/h2,4,6,9,12,15H,3,5,7-8,10H2,1H3/t12-/m0/s1. The van der Waals surface area contributed by atoms with Crippen LogP contribution < -0.4 is 5.32 Å². The van der Waals surface area contributed by atoms with Crippen molar-refractivity contribution in [3.63, 3.8) is 0 Å². The van der Waals surface area contributed by atoms with E-state index < -0.39 is 0 Å². The molecule has 96 valence electrons. The maximum absolute atomic E-state index is 4.50. The minimum absolute atomic E-state index is 0.666. The van der Waals surface area contributed by atoms with Gasteiger partial charge >= 0.3 is 0 Å². The fraction of sp³-hybridized carbons (Fsp3) is 0.500. The third kappa shape index (κ3) is 2.40. The number of aromatic nitrogens is 2. The number of hydrogen-bond donors (Lipinski definition) is 1. The fourth-order valence-corrected chi connectivity index (χ4v) is 3.59. The molecule has 0 saturated carbocycles. The first kappa shape index (κ1) is 12.1. The number of nitrogens with one attached hydrogen (secondary N) is 1. The van der Waals surface area contributed by atoms with Gasteiger partial charge in [-0.1, -0.05) is 6.07 Å². The smallest absolute Gasteiger partial charge is 0.139 e. The highest BCUT2D eigenvalue weighted by Gasteiger charge is 2.13. The third-order valence-corrected chi connectivity index (χ3v) is 4.76. The molecule has 1 aliphatic rings. The van der Waals surface area contributed by atoms with Gasteiger partial charge in [0.1, 0.15) is 5.65 Å². The number of aryl methyl sites for hydroxylation is 1. The average Bonchev–Trinajstić information content (AvgIpc) is 2.82. The summed E-state index contributed by atoms with van der Waals surface area (Å²) in [6.45, 7) is 3.02. The molecule has 2 aromatic heterocycles. The fourth-order valence-electron chi connectivity index (χ4n) is 2.48. The molecule has 3 heterocycles. The van der Waals surface area contributed by atoms with Crippen molar-refractivity contribution >= 4 is 17.4 Å². The lowest BCUT2D eigenvalue weighted by Crippen LogP contribution is -2.33. The molecule has 0 radical (unpaired) electrons. The van der Waals surface area contributed by atoms with Gasteiger partial charge in [0.15, 0.2) is 0 Å². The number of hydrogen-bond acceptors (Lipinski definition) is 3. The molecule has 0 spiro atoms. The van der Waals surface area contributed by atoms with Gasteiger partial charge in [0.25, 0.3) is 0 Å². The number of nitrogens with zero attached hydrogens (tertiary/aromatic N) is 2. The average molecular weight is 261 g/mol. The Kier molecular flexibility index (Phi) is 3.57. The van der Waals surface area contributed by atoms with Crippen molar-refractivity contribution in [3.05, 3.63) is 35.8 Å². The van der Waals surface area contributed by atoms with Gasteiger partial charge in [0, 0.05) is 24.5 Å². The first-order valence-corrected chi connectivity index (χ1v) is 7.73. The molecule has 2 aromatic rings. The summed E-state index contributed by atoms with van der Waals surface area (Å²) in [4.78, 5) is 4.50. The quantitative estimate of drug-likeness (QED) is 0.921. The molecule has 3 nitrogen and oxygen atoms in total. The van der Waals surface area contributed by atoms with Crippen molar-refractivity contribution in [2.24, 2.45) is 0 Å². The lowest BCUT2D eigenvalue weighted by atomic mass is 10.2. The predicted octanol–water partition coefficient (Wildman–Crippen LogP) is 2.63. The summed E-state index contributed by atoms with van der Waals surface area (Å²) in [6.07, 6.45) is 6.74. The lowest BCUT2D eigenvalue weighted by Gasteiger charge is -2.22. The Morgan fingerprint density at radius 1 is 1.56 bits per heavy atom. The number of pyridine rings is 1. The van der Waals surface area contributed by atoms with Crippen molar-refractivity contribution in [2.75, 3.05) is 11.5 Å². The van der Waals surface area contributed by atoms with E-state index >= 15 is 0 Å². The summed E-state index contributed by atoms with van der Waals surface area (Å²) in [5.41, 5.74) is 3.56. The zero-order chi connectivity index (χ0) is 12.4. The van der Waals surface area contributed by atoms with E-state index in [2.05, 4.69) is 51.7 Å². The Morgan fingerprint density at radius 2 is 2.50 bits per heavy atom. The highest BCUT2D eigenvalue weighted by atomic mass is 32.2. The van der Waals surface area contributed by atoms with Gasteiger partial charge in [-0.2, -0.15) is 11.8 Å². The van der Waals surface area contributed by atoms with Gasteiger partial charge in [0.05, 0.1) is 11.9 Å². The SMILES string of the molecule is Cc1cccn2c(CN[C@H]3CCCSC3)cnc12. The molecule has 1 atom stereocenters. The van der Waals surface area contributed by atoms with Crippen LogP contribution in [0.3, 0.4) is 0 Å². The van der Waals surface area contributed by atoms with Crippen molar-refractivity contribution in [1.82, 2.24) is 14.7 Å². The predicted molar refractivity (Wildman–Crippen MR) is 77.1 cm³/mol. The molecular formula is C14H19N3S. The van der Waals surface area contributed by atoms with E-state index in [0.717, 1.165) is 12.2 Å². The molecule has 0 amide bonds.